The summed E-state index contributed by atoms with van der Waals surface area (Å²) in [6.45, 7) is 3.95. The van der Waals surface area contributed by atoms with E-state index in [4.69, 9.17) is 14.7 Å². The molecule has 0 unspecified atom stereocenters. The molecule has 0 aromatic heterocycles. The standard InChI is InChI=1S/C8H17NO3S/c1-8(2,12-13)11-7(3-5-9)4-6-10/h6-7,13H,3-5,9H2,1-2H3/t7-/m1/s1. The van der Waals surface area contributed by atoms with Crippen molar-refractivity contribution in [2.45, 2.75) is 38.6 Å². The number of rotatable bonds is 7. The highest BCUT2D eigenvalue weighted by Crippen LogP contribution is 2.18. The minimum atomic E-state index is -0.786. The topological polar surface area (TPSA) is 61.5 Å². The van der Waals surface area contributed by atoms with Gasteiger partial charge in [0.2, 0.25) is 0 Å². The van der Waals surface area contributed by atoms with Gasteiger partial charge in [0.05, 0.1) is 6.10 Å². The zero-order chi connectivity index (χ0) is 10.3. The van der Waals surface area contributed by atoms with Crippen LogP contribution in [0.1, 0.15) is 26.7 Å². The van der Waals surface area contributed by atoms with Gasteiger partial charge >= 0.3 is 0 Å². The largest absolute Gasteiger partial charge is 0.346 e. The van der Waals surface area contributed by atoms with Crippen LogP contribution in [-0.2, 0) is 13.7 Å². The molecule has 0 saturated carbocycles. The van der Waals surface area contributed by atoms with Gasteiger partial charge in [0.15, 0.2) is 5.79 Å². The minimum absolute atomic E-state index is 0.190. The number of carbonyl (C=O) groups excluding carboxylic acids is 1. The summed E-state index contributed by atoms with van der Waals surface area (Å²) in [6, 6.07) is 0. The van der Waals surface area contributed by atoms with Gasteiger partial charge < -0.3 is 15.3 Å². The van der Waals surface area contributed by atoms with Crippen molar-refractivity contribution in [2.24, 2.45) is 5.73 Å². The van der Waals surface area contributed by atoms with Gasteiger partial charge in [-0.15, -0.1) is 0 Å². The van der Waals surface area contributed by atoms with Crippen LogP contribution in [0.25, 0.3) is 0 Å². The number of nitrogens with two attached hydrogens (primary N) is 1. The molecule has 0 aliphatic rings. The number of ether oxygens (including phenoxy) is 1. The summed E-state index contributed by atoms with van der Waals surface area (Å²) in [5.41, 5.74) is 5.36. The molecule has 13 heavy (non-hydrogen) atoms. The molecule has 1 atom stereocenters. The second kappa shape index (κ2) is 6.37. The highest BCUT2D eigenvalue weighted by molar-refractivity contribution is 7.75. The Morgan fingerprint density at radius 1 is 1.62 bits per heavy atom. The molecule has 5 heteroatoms. The fraction of sp³-hybridized carbons (Fsp3) is 0.875. The first kappa shape index (κ1) is 12.9. The van der Waals surface area contributed by atoms with Crippen LogP contribution in [0.2, 0.25) is 0 Å². The quantitative estimate of drug-likeness (QED) is 0.282. The Kier molecular flexibility index (Phi) is 6.32. The van der Waals surface area contributed by atoms with Crippen LogP contribution in [0, 0.1) is 0 Å². The fourth-order valence-electron chi connectivity index (χ4n) is 0.941. The first-order valence-electron chi connectivity index (χ1n) is 4.20. The third-order valence-electron chi connectivity index (χ3n) is 1.52. The molecule has 0 spiro atoms. The van der Waals surface area contributed by atoms with Gasteiger partial charge in [0.25, 0.3) is 0 Å². The number of hydrogen-bond donors (Lipinski definition) is 2. The van der Waals surface area contributed by atoms with Gasteiger partial charge in [0.1, 0.15) is 6.29 Å². The second-order valence-corrected chi connectivity index (χ2v) is 3.39. The lowest BCUT2D eigenvalue weighted by atomic mass is 10.2. The molecule has 0 aliphatic carbocycles. The summed E-state index contributed by atoms with van der Waals surface area (Å²) in [6.07, 6.45) is 1.59. The lowest BCUT2D eigenvalue weighted by molar-refractivity contribution is -0.180. The van der Waals surface area contributed by atoms with E-state index in [0.717, 1.165) is 6.29 Å². The maximum atomic E-state index is 10.3. The summed E-state index contributed by atoms with van der Waals surface area (Å²) in [5, 5.41) is 0. The second-order valence-electron chi connectivity index (χ2n) is 3.21. The fourth-order valence-corrected chi connectivity index (χ4v) is 0.984. The number of thiol groups is 1. The maximum absolute atomic E-state index is 10.3. The summed E-state index contributed by atoms with van der Waals surface area (Å²) in [4.78, 5) is 10.3. The molecule has 0 rings (SSSR count). The molecule has 0 radical (unpaired) electrons. The average Bonchev–Trinajstić information content (AvgIpc) is 2.05. The van der Waals surface area contributed by atoms with E-state index in [9.17, 15) is 4.79 Å². The predicted octanol–water partition coefficient (Wildman–Crippen LogP) is 0.907. The van der Waals surface area contributed by atoms with Gasteiger partial charge in [-0.05, 0) is 39.7 Å². The van der Waals surface area contributed by atoms with Crippen LogP contribution in [-0.4, -0.2) is 24.7 Å². The normalized spacial score (nSPS) is 14.2. The molecule has 0 bridgehead atoms. The number of aldehydes is 1. The van der Waals surface area contributed by atoms with E-state index in [0.29, 0.717) is 19.4 Å². The van der Waals surface area contributed by atoms with E-state index in [1.54, 1.807) is 13.8 Å². The van der Waals surface area contributed by atoms with Crippen LogP contribution < -0.4 is 5.73 Å². The summed E-state index contributed by atoms with van der Waals surface area (Å²) in [5.74, 6) is -0.786. The Hall–Kier alpha value is -0.100. The first-order valence-corrected chi connectivity index (χ1v) is 4.56. The van der Waals surface area contributed by atoms with Gasteiger partial charge in [0, 0.05) is 6.42 Å². The zero-order valence-corrected chi connectivity index (χ0v) is 8.92. The smallest absolute Gasteiger partial charge is 0.175 e. The average molecular weight is 207 g/mol. The molecular weight excluding hydrogens is 190 g/mol. The highest BCUT2D eigenvalue weighted by Gasteiger charge is 2.22. The van der Waals surface area contributed by atoms with Gasteiger partial charge in [-0.1, -0.05) is 0 Å². The number of hydrogen-bond acceptors (Lipinski definition) is 5. The van der Waals surface area contributed by atoms with E-state index in [-0.39, 0.29) is 6.10 Å². The maximum Gasteiger partial charge on any atom is 0.175 e. The van der Waals surface area contributed by atoms with Crippen molar-refractivity contribution in [2.75, 3.05) is 6.54 Å². The van der Waals surface area contributed by atoms with Gasteiger partial charge in [-0.3, -0.25) is 4.18 Å². The van der Waals surface area contributed by atoms with Crippen LogP contribution >= 0.6 is 12.9 Å². The first-order chi connectivity index (χ1) is 6.05. The van der Waals surface area contributed by atoms with E-state index in [1.165, 1.54) is 0 Å². The highest BCUT2D eigenvalue weighted by atomic mass is 32.1. The lowest BCUT2D eigenvalue weighted by Crippen LogP contribution is -2.32. The third-order valence-corrected chi connectivity index (χ3v) is 1.96. The summed E-state index contributed by atoms with van der Waals surface area (Å²) < 4.78 is 10.2. The minimum Gasteiger partial charge on any atom is -0.346 e. The van der Waals surface area contributed by atoms with Crippen molar-refractivity contribution >= 4 is 19.2 Å². The molecule has 0 aliphatic heterocycles. The Balaban J connectivity index is 3.99. The van der Waals surface area contributed by atoms with Crippen molar-refractivity contribution in [3.63, 3.8) is 0 Å². The number of carbonyl (C=O) groups is 1. The summed E-state index contributed by atoms with van der Waals surface area (Å²) >= 11 is 3.67. The SMILES string of the molecule is CC(C)(OS)O[C@@H](CC=O)CCN. The molecule has 0 saturated heterocycles. The van der Waals surface area contributed by atoms with E-state index in [2.05, 4.69) is 12.9 Å². The van der Waals surface area contributed by atoms with Crippen molar-refractivity contribution in [3.8, 4) is 0 Å². The molecule has 0 heterocycles. The van der Waals surface area contributed by atoms with Crippen LogP contribution in [0.4, 0.5) is 0 Å². The van der Waals surface area contributed by atoms with Crippen molar-refractivity contribution in [1.29, 1.82) is 0 Å². The van der Waals surface area contributed by atoms with E-state index >= 15 is 0 Å². The van der Waals surface area contributed by atoms with Crippen LogP contribution in [0.15, 0.2) is 0 Å². The third kappa shape index (κ3) is 6.04. The van der Waals surface area contributed by atoms with E-state index in [1.807, 2.05) is 0 Å². The van der Waals surface area contributed by atoms with E-state index < -0.39 is 5.79 Å². The van der Waals surface area contributed by atoms with Crippen molar-refractivity contribution < 1.29 is 13.7 Å². The van der Waals surface area contributed by atoms with Gasteiger partial charge in [-0.2, -0.15) is 0 Å². The van der Waals surface area contributed by atoms with Crippen LogP contribution in [0.3, 0.4) is 0 Å². The Morgan fingerprint density at radius 3 is 2.62 bits per heavy atom. The molecule has 78 valence electrons. The lowest BCUT2D eigenvalue weighted by Gasteiger charge is -2.27. The molecular formula is C8H17NO3S. The van der Waals surface area contributed by atoms with Crippen molar-refractivity contribution in [3.05, 3.63) is 0 Å². The molecule has 0 aromatic rings. The molecule has 0 amide bonds. The Labute approximate surface area is 84.4 Å². The summed E-state index contributed by atoms with van der Waals surface area (Å²) in [7, 11) is 0. The zero-order valence-electron chi connectivity index (χ0n) is 8.03. The Morgan fingerprint density at radius 2 is 2.23 bits per heavy atom. The molecule has 0 fully saturated rings. The monoisotopic (exact) mass is 207 g/mol. The predicted molar refractivity (Wildman–Crippen MR) is 53.4 cm³/mol. The molecule has 4 nitrogen and oxygen atoms in total. The Bertz CT molecular complexity index is 152. The molecule has 0 aromatic carbocycles. The van der Waals surface area contributed by atoms with Crippen molar-refractivity contribution in [1.82, 2.24) is 0 Å². The van der Waals surface area contributed by atoms with Gasteiger partial charge in [-0.25, -0.2) is 0 Å². The van der Waals surface area contributed by atoms with Crippen LogP contribution in [0.5, 0.6) is 0 Å². The molecule has 2 N–H and O–H groups in total.